The summed E-state index contributed by atoms with van der Waals surface area (Å²) in [4.78, 5) is 31.7. The number of ether oxygens (including phenoxy) is 2. The molecule has 0 fully saturated rings. The number of thiazole rings is 1. The molecule has 37 heavy (non-hydrogen) atoms. The molecule has 1 aliphatic heterocycles. The molecule has 186 valence electrons. The molecule has 5 rings (SSSR count). The summed E-state index contributed by atoms with van der Waals surface area (Å²) in [6.45, 7) is 4.28. The standard InChI is InChI=1S/C30H26N2O4S/c1-3-35-29(34)26-20(2)31-30-32(27(26)23-12-8-5-9-13-23)28(33)25(37-30)18-21-14-16-24(17-15-21)36-19-22-10-6-4-7-11-22/h4-18,27H,3,19H2,1-2H3/b25-18-/t27-/m1/s1. The van der Waals surface area contributed by atoms with Gasteiger partial charge in [-0.2, -0.15) is 0 Å². The van der Waals surface area contributed by atoms with E-state index in [-0.39, 0.29) is 12.2 Å². The highest BCUT2D eigenvalue weighted by Crippen LogP contribution is 2.30. The molecule has 0 amide bonds. The molecule has 2 heterocycles. The molecule has 6 nitrogen and oxygen atoms in total. The van der Waals surface area contributed by atoms with Gasteiger partial charge in [0.25, 0.3) is 5.56 Å². The van der Waals surface area contributed by atoms with Crippen molar-refractivity contribution in [2.24, 2.45) is 4.99 Å². The van der Waals surface area contributed by atoms with Crippen LogP contribution in [0.3, 0.4) is 0 Å². The van der Waals surface area contributed by atoms with Gasteiger partial charge in [-0.1, -0.05) is 84.1 Å². The molecular formula is C30H26N2O4S. The fraction of sp³-hybridized carbons (Fsp3) is 0.167. The van der Waals surface area contributed by atoms with E-state index in [1.165, 1.54) is 11.3 Å². The lowest BCUT2D eigenvalue weighted by Crippen LogP contribution is -2.39. The number of esters is 1. The second-order valence-corrected chi connectivity index (χ2v) is 9.57. The summed E-state index contributed by atoms with van der Waals surface area (Å²) < 4.78 is 13.3. The summed E-state index contributed by atoms with van der Waals surface area (Å²) in [6, 6.07) is 26.5. The summed E-state index contributed by atoms with van der Waals surface area (Å²) in [5.41, 5.74) is 3.53. The maximum atomic E-state index is 13.6. The highest BCUT2D eigenvalue weighted by Gasteiger charge is 2.33. The van der Waals surface area contributed by atoms with E-state index >= 15 is 0 Å². The summed E-state index contributed by atoms with van der Waals surface area (Å²) >= 11 is 1.31. The number of benzene rings is 3. The van der Waals surface area contributed by atoms with Crippen molar-refractivity contribution in [2.45, 2.75) is 26.5 Å². The Morgan fingerprint density at radius 1 is 1.00 bits per heavy atom. The number of hydrogen-bond acceptors (Lipinski definition) is 6. The molecule has 0 spiro atoms. The third-order valence-electron chi connectivity index (χ3n) is 6.06. The first-order valence-corrected chi connectivity index (χ1v) is 12.9. The molecule has 1 atom stereocenters. The van der Waals surface area contributed by atoms with E-state index in [0.29, 0.717) is 27.2 Å². The lowest BCUT2D eigenvalue weighted by Gasteiger charge is -2.24. The maximum Gasteiger partial charge on any atom is 0.338 e. The Morgan fingerprint density at radius 2 is 1.68 bits per heavy atom. The van der Waals surface area contributed by atoms with Gasteiger partial charge in [0.2, 0.25) is 0 Å². The van der Waals surface area contributed by atoms with Gasteiger partial charge >= 0.3 is 5.97 Å². The van der Waals surface area contributed by atoms with Gasteiger partial charge in [0.15, 0.2) is 4.80 Å². The van der Waals surface area contributed by atoms with Crippen LogP contribution in [-0.4, -0.2) is 17.1 Å². The van der Waals surface area contributed by atoms with Gasteiger partial charge < -0.3 is 9.47 Å². The Hall–Kier alpha value is -4.23. The minimum Gasteiger partial charge on any atom is -0.489 e. The number of carbonyl (C=O) groups excluding carboxylic acids is 1. The zero-order valence-corrected chi connectivity index (χ0v) is 21.4. The second kappa shape index (κ2) is 10.8. The SMILES string of the molecule is CCOC(=O)C1=C(C)N=c2s/c(=C\c3ccc(OCc4ccccc4)cc3)c(=O)n2[C@@H]1c1ccccc1. The van der Waals surface area contributed by atoms with Crippen molar-refractivity contribution in [3.8, 4) is 5.75 Å². The van der Waals surface area contributed by atoms with Gasteiger partial charge in [-0.05, 0) is 48.7 Å². The van der Waals surface area contributed by atoms with Gasteiger partial charge in [-0.3, -0.25) is 9.36 Å². The van der Waals surface area contributed by atoms with Crippen molar-refractivity contribution in [1.82, 2.24) is 4.57 Å². The number of hydrogen-bond donors (Lipinski definition) is 0. The van der Waals surface area contributed by atoms with E-state index in [1.54, 1.807) is 18.4 Å². The first kappa shape index (κ1) is 24.5. The van der Waals surface area contributed by atoms with Crippen LogP contribution < -0.4 is 19.6 Å². The van der Waals surface area contributed by atoms with Crippen LogP contribution in [0.5, 0.6) is 5.75 Å². The summed E-state index contributed by atoms with van der Waals surface area (Å²) in [6.07, 6.45) is 1.84. The van der Waals surface area contributed by atoms with Crippen molar-refractivity contribution in [3.63, 3.8) is 0 Å². The minimum atomic E-state index is -0.604. The molecule has 0 unspecified atom stereocenters. The van der Waals surface area contributed by atoms with Crippen molar-refractivity contribution < 1.29 is 14.3 Å². The van der Waals surface area contributed by atoms with Crippen LogP contribution in [-0.2, 0) is 16.1 Å². The molecular weight excluding hydrogens is 484 g/mol. The van der Waals surface area contributed by atoms with E-state index < -0.39 is 12.0 Å². The molecule has 0 radical (unpaired) electrons. The molecule has 3 aromatic carbocycles. The van der Waals surface area contributed by atoms with Crippen molar-refractivity contribution in [2.75, 3.05) is 6.61 Å². The van der Waals surface area contributed by atoms with E-state index in [0.717, 1.165) is 22.4 Å². The molecule has 0 saturated carbocycles. The summed E-state index contributed by atoms with van der Waals surface area (Å²) in [5.74, 6) is 0.291. The highest BCUT2D eigenvalue weighted by atomic mass is 32.1. The predicted octanol–water partition coefficient (Wildman–Crippen LogP) is 4.38. The Labute approximate surface area is 218 Å². The monoisotopic (exact) mass is 510 g/mol. The topological polar surface area (TPSA) is 69.9 Å². The lowest BCUT2D eigenvalue weighted by molar-refractivity contribution is -0.139. The lowest BCUT2D eigenvalue weighted by atomic mass is 9.96. The molecule has 1 aromatic heterocycles. The van der Waals surface area contributed by atoms with E-state index in [2.05, 4.69) is 4.99 Å². The Morgan fingerprint density at radius 3 is 2.35 bits per heavy atom. The third-order valence-corrected chi connectivity index (χ3v) is 7.04. The van der Waals surface area contributed by atoms with E-state index in [1.807, 2.05) is 91.0 Å². The number of aromatic nitrogens is 1. The number of allylic oxidation sites excluding steroid dienone is 1. The fourth-order valence-corrected chi connectivity index (χ4v) is 5.34. The zero-order valence-electron chi connectivity index (χ0n) is 20.6. The van der Waals surface area contributed by atoms with Gasteiger partial charge in [0, 0.05) is 0 Å². The van der Waals surface area contributed by atoms with Crippen LogP contribution in [0.2, 0.25) is 0 Å². The number of fused-ring (bicyclic) bond motifs is 1. The van der Waals surface area contributed by atoms with Crippen LogP contribution in [0.1, 0.15) is 36.6 Å². The van der Waals surface area contributed by atoms with Crippen molar-refractivity contribution >= 4 is 23.4 Å². The fourth-order valence-electron chi connectivity index (χ4n) is 4.29. The smallest absolute Gasteiger partial charge is 0.338 e. The Balaban J connectivity index is 1.50. The van der Waals surface area contributed by atoms with E-state index in [9.17, 15) is 9.59 Å². The number of nitrogens with zero attached hydrogens (tertiary/aromatic N) is 2. The Bertz CT molecular complexity index is 1620. The third kappa shape index (κ3) is 5.17. The average molecular weight is 511 g/mol. The van der Waals surface area contributed by atoms with Crippen LogP contribution in [0.15, 0.2) is 106 Å². The first-order valence-electron chi connectivity index (χ1n) is 12.1. The molecule has 7 heteroatoms. The largest absolute Gasteiger partial charge is 0.489 e. The summed E-state index contributed by atoms with van der Waals surface area (Å²) in [5, 5.41) is 0. The maximum absolute atomic E-state index is 13.6. The molecule has 4 aromatic rings. The quantitative estimate of drug-likeness (QED) is 0.346. The first-order chi connectivity index (χ1) is 18.0. The second-order valence-electron chi connectivity index (χ2n) is 8.56. The van der Waals surface area contributed by atoms with Crippen LogP contribution in [0, 0.1) is 0 Å². The average Bonchev–Trinajstić information content (AvgIpc) is 3.22. The van der Waals surface area contributed by atoms with Crippen LogP contribution in [0.25, 0.3) is 6.08 Å². The van der Waals surface area contributed by atoms with Gasteiger partial charge in [0.05, 0.1) is 28.5 Å². The highest BCUT2D eigenvalue weighted by molar-refractivity contribution is 7.07. The van der Waals surface area contributed by atoms with Crippen LogP contribution >= 0.6 is 11.3 Å². The Kier molecular flexibility index (Phi) is 7.14. The van der Waals surface area contributed by atoms with E-state index in [4.69, 9.17) is 9.47 Å². The van der Waals surface area contributed by atoms with Crippen molar-refractivity contribution in [1.29, 1.82) is 0 Å². The molecule has 0 N–H and O–H groups in total. The molecule has 0 aliphatic carbocycles. The number of rotatable bonds is 7. The van der Waals surface area contributed by atoms with Crippen molar-refractivity contribution in [3.05, 3.63) is 133 Å². The molecule has 0 bridgehead atoms. The van der Waals surface area contributed by atoms with Gasteiger partial charge in [0.1, 0.15) is 12.4 Å². The predicted molar refractivity (Wildman–Crippen MR) is 144 cm³/mol. The molecule has 0 saturated heterocycles. The summed E-state index contributed by atoms with van der Waals surface area (Å²) in [7, 11) is 0. The van der Waals surface area contributed by atoms with Gasteiger partial charge in [-0.25, -0.2) is 9.79 Å². The van der Waals surface area contributed by atoms with Gasteiger partial charge in [-0.15, -0.1) is 0 Å². The zero-order chi connectivity index (χ0) is 25.8. The molecule has 1 aliphatic rings. The number of carbonyl (C=O) groups is 1. The van der Waals surface area contributed by atoms with Crippen LogP contribution in [0.4, 0.5) is 0 Å². The normalized spacial score (nSPS) is 15.2. The minimum absolute atomic E-state index is 0.198.